The second kappa shape index (κ2) is 5.68. The molecule has 1 heterocycles. The lowest BCUT2D eigenvalue weighted by molar-refractivity contribution is 0.0696. The zero-order valence-corrected chi connectivity index (χ0v) is 14.0. The fraction of sp³-hybridized carbons (Fsp3) is 0.462. The lowest BCUT2D eigenvalue weighted by Gasteiger charge is -2.28. The molecule has 1 fully saturated rings. The van der Waals surface area contributed by atoms with Crippen LogP contribution in [0.3, 0.4) is 0 Å². The van der Waals surface area contributed by atoms with Crippen LogP contribution in [0.5, 0.6) is 0 Å². The third kappa shape index (κ3) is 3.28. The minimum Gasteiger partial charge on any atom is -0.478 e. The third-order valence-electron chi connectivity index (χ3n) is 3.72. The number of hydrogen-bond donors (Lipinski definition) is 2. The number of carboxylic acids is 1. The number of carbonyl (C=O) groups is 1. The molecule has 0 bridgehead atoms. The van der Waals surface area contributed by atoms with Gasteiger partial charge in [0, 0.05) is 11.1 Å². The predicted molar refractivity (Wildman–Crippen MR) is 79.9 cm³/mol. The molecule has 116 valence electrons. The average molecular weight is 378 g/mol. The van der Waals surface area contributed by atoms with Crippen molar-refractivity contribution in [2.24, 2.45) is 0 Å². The molecule has 21 heavy (non-hydrogen) atoms. The van der Waals surface area contributed by atoms with Crippen LogP contribution in [-0.2, 0) is 14.8 Å². The molecule has 0 aliphatic carbocycles. The number of nitrogens with one attached hydrogen (secondary N) is 1. The Hall–Kier alpha value is -0.960. The summed E-state index contributed by atoms with van der Waals surface area (Å²) in [5, 5.41) is 8.91. The molecule has 1 saturated heterocycles. The molecule has 2 atom stereocenters. The fourth-order valence-corrected chi connectivity index (χ4v) is 4.76. The highest BCUT2D eigenvalue weighted by Crippen LogP contribution is 2.29. The maximum absolute atomic E-state index is 12.5. The first kappa shape index (κ1) is 16.4. The minimum atomic E-state index is -3.78. The van der Waals surface area contributed by atoms with Crippen LogP contribution in [0.25, 0.3) is 0 Å². The molecule has 2 rings (SSSR count). The summed E-state index contributed by atoms with van der Waals surface area (Å²) in [6.45, 7) is 4.11. The Morgan fingerprint density at radius 3 is 2.67 bits per heavy atom. The normalized spacial score (nSPS) is 26.0. The topological polar surface area (TPSA) is 92.7 Å². The van der Waals surface area contributed by atoms with Crippen LogP contribution in [0, 0.1) is 0 Å². The van der Waals surface area contributed by atoms with Gasteiger partial charge in [-0.1, -0.05) is 0 Å². The molecule has 0 aromatic heterocycles. The summed E-state index contributed by atoms with van der Waals surface area (Å²) < 4.78 is 33.3. The highest BCUT2D eigenvalue weighted by atomic mass is 79.9. The van der Waals surface area contributed by atoms with Gasteiger partial charge in [0.05, 0.1) is 22.1 Å². The van der Waals surface area contributed by atoms with Crippen LogP contribution >= 0.6 is 15.9 Å². The van der Waals surface area contributed by atoms with E-state index in [1.54, 1.807) is 6.92 Å². The van der Waals surface area contributed by atoms with Crippen LogP contribution in [0.2, 0.25) is 0 Å². The number of hydrogen-bond acceptors (Lipinski definition) is 4. The van der Waals surface area contributed by atoms with E-state index in [1.165, 1.54) is 18.2 Å². The van der Waals surface area contributed by atoms with Crippen LogP contribution in [0.4, 0.5) is 0 Å². The van der Waals surface area contributed by atoms with Crippen molar-refractivity contribution in [1.82, 2.24) is 4.72 Å². The fourth-order valence-electron chi connectivity index (χ4n) is 2.18. The molecule has 1 aromatic rings. The molecule has 2 unspecified atom stereocenters. The van der Waals surface area contributed by atoms with E-state index in [0.717, 1.165) is 0 Å². The smallest absolute Gasteiger partial charge is 0.335 e. The van der Waals surface area contributed by atoms with Crippen molar-refractivity contribution in [3.63, 3.8) is 0 Å². The monoisotopic (exact) mass is 377 g/mol. The zero-order valence-electron chi connectivity index (χ0n) is 11.6. The van der Waals surface area contributed by atoms with Gasteiger partial charge in [-0.15, -0.1) is 0 Å². The van der Waals surface area contributed by atoms with Crippen molar-refractivity contribution < 1.29 is 23.1 Å². The third-order valence-corrected chi connectivity index (χ3v) is 6.31. The molecule has 0 radical (unpaired) electrons. The number of benzene rings is 1. The SMILES string of the molecule is CC1OCCC1(C)NS(=O)(=O)c1ccc(C(=O)O)cc1Br. The van der Waals surface area contributed by atoms with E-state index in [2.05, 4.69) is 20.7 Å². The average Bonchev–Trinajstić information content (AvgIpc) is 2.67. The van der Waals surface area contributed by atoms with Crippen molar-refractivity contribution in [2.45, 2.75) is 36.8 Å². The van der Waals surface area contributed by atoms with Gasteiger partial charge in [0.15, 0.2) is 0 Å². The Kier molecular flexibility index (Phi) is 4.44. The van der Waals surface area contributed by atoms with Gasteiger partial charge >= 0.3 is 5.97 Å². The van der Waals surface area contributed by atoms with Gasteiger partial charge in [0.1, 0.15) is 0 Å². The predicted octanol–water partition coefficient (Wildman–Crippen LogP) is 1.99. The van der Waals surface area contributed by atoms with Gasteiger partial charge in [-0.2, -0.15) is 0 Å². The van der Waals surface area contributed by atoms with Crippen LogP contribution in [0.1, 0.15) is 30.6 Å². The largest absolute Gasteiger partial charge is 0.478 e. The van der Waals surface area contributed by atoms with Crippen molar-refractivity contribution in [3.05, 3.63) is 28.2 Å². The Morgan fingerprint density at radius 1 is 1.52 bits per heavy atom. The van der Waals surface area contributed by atoms with Gasteiger partial charge in [-0.05, 0) is 54.4 Å². The summed E-state index contributed by atoms with van der Waals surface area (Å²) in [6.07, 6.45) is 0.349. The molecule has 8 heteroatoms. The van der Waals surface area contributed by atoms with Crippen molar-refractivity contribution >= 4 is 31.9 Å². The number of halogens is 1. The molecule has 6 nitrogen and oxygen atoms in total. The Bertz CT molecular complexity index is 675. The highest BCUT2D eigenvalue weighted by Gasteiger charge is 2.41. The molecule has 1 aliphatic heterocycles. The quantitative estimate of drug-likeness (QED) is 0.836. The second-order valence-electron chi connectivity index (χ2n) is 5.24. The summed E-state index contributed by atoms with van der Waals surface area (Å²) in [6, 6.07) is 3.81. The highest BCUT2D eigenvalue weighted by molar-refractivity contribution is 9.10. The van der Waals surface area contributed by atoms with E-state index >= 15 is 0 Å². The number of rotatable bonds is 4. The van der Waals surface area contributed by atoms with Gasteiger partial charge in [-0.25, -0.2) is 17.9 Å². The summed E-state index contributed by atoms with van der Waals surface area (Å²) in [4.78, 5) is 10.9. The van der Waals surface area contributed by atoms with E-state index in [0.29, 0.717) is 13.0 Å². The van der Waals surface area contributed by atoms with E-state index < -0.39 is 21.5 Å². The second-order valence-corrected chi connectivity index (χ2v) is 7.74. The Balaban J connectivity index is 2.34. The molecule has 0 saturated carbocycles. The van der Waals surface area contributed by atoms with Crippen LogP contribution in [-0.4, -0.2) is 37.7 Å². The zero-order chi connectivity index (χ0) is 15.8. The van der Waals surface area contributed by atoms with Crippen LogP contribution in [0.15, 0.2) is 27.6 Å². The molecule has 2 N–H and O–H groups in total. The Morgan fingerprint density at radius 2 is 2.19 bits per heavy atom. The molecular weight excluding hydrogens is 362 g/mol. The molecule has 0 amide bonds. The summed E-state index contributed by atoms with van der Waals surface area (Å²) in [5.41, 5.74) is -0.659. The maximum Gasteiger partial charge on any atom is 0.335 e. The van der Waals surface area contributed by atoms with Crippen molar-refractivity contribution in [1.29, 1.82) is 0 Å². The Labute approximate surface area is 131 Å². The molecular formula is C13H16BrNO5S. The van der Waals surface area contributed by atoms with Gasteiger partial charge < -0.3 is 9.84 Å². The molecule has 1 aliphatic rings. The first-order chi connectivity index (χ1) is 9.66. The van der Waals surface area contributed by atoms with Gasteiger partial charge in [-0.3, -0.25) is 0 Å². The molecule has 0 spiro atoms. The van der Waals surface area contributed by atoms with Gasteiger partial charge in [0.2, 0.25) is 10.0 Å². The van der Waals surface area contributed by atoms with Crippen molar-refractivity contribution in [3.8, 4) is 0 Å². The number of aromatic carboxylic acids is 1. The van der Waals surface area contributed by atoms with Gasteiger partial charge in [0.25, 0.3) is 0 Å². The first-order valence-electron chi connectivity index (χ1n) is 6.34. The molecule has 1 aromatic carbocycles. The lowest BCUT2D eigenvalue weighted by Crippen LogP contribution is -2.50. The number of ether oxygens (including phenoxy) is 1. The van der Waals surface area contributed by atoms with E-state index in [9.17, 15) is 13.2 Å². The lowest BCUT2D eigenvalue weighted by atomic mass is 9.97. The van der Waals surface area contributed by atoms with Crippen molar-refractivity contribution in [2.75, 3.05) is 6.61 Å². The number of sulfonamides is 1. The summed E-state index contributed by atoms with van der Waals surface area (Å²) >= 11 is 3.12. The van der Waals surface area contributed by atoms with E-state index in [-0.39, 0.29) is 21.0 Å². The number of carboxylic acid groups (broad SMARTS) is 1. The van der Waals surface area contributed by atoms with E-state index in [1.807, 2.05) is 6.92 Å². The summed E-state index contributed by atoms with van der Waals surface area (Å²) in [7, 11) is -3.78. The first-order valence-corrected chi connectivity index (χ1v) is 8.62. The van der Waals surface area contributed by atoms with Crippen LogP contribution < -0.4 is 4.72 Å². The minimum absolute atomic E-state index is 0.00725. The standard InChI is InChI=1S/C13H16BrNO5S/c1-8-13(2,5-6-20-8)15-21(18,19)11-4-3-9(12(16)17)7-10(11)14/h3-4,7-8,15H,5-6H2,1-2H3,(H,16,17). The maximum atomic E-state index is 12.5. The summed E-state index contributed by atoms with van der Waals surface area (Å²) in [5.74, 6) is -1.11. The van der Waals surface area contributed by atoms with E-state index in [4.69, 9.17) is 9.84 Å².